The van der Waals surface area contributed by atoms with Gasteiger partial charge in [0.05, 0.1) is 0 Å². The van der Waals surface area contributed by atoms with Gasteiger partial charge in [-0.15, -0.1) is 0 Å². The Kier molecular flexibility index (Phi) is 4.97. The van der Waals surface area contributed by atoms with Crippen molar-refractivity contribution in [2.45, 2.75) is 0 Å². The molecule has 2 N–H and O–H groups in total. The molecule has 0 aromatic heterocycles. The molecule has 2 heteroatoms. The molecule has 2 nitrogen and oxygen atoms in total. The summed E-state index contributed by atoms with van der Waals surface area (Å²) in [5.74, 6) is 13.4. The van der Waals surface area contributed by atoms with E-state index in [2.05, 4.69) is 47.9 Å². The number of phenolic OH excluding ortho intramolecular Hbond substituents is 2. The lowest BCUT2D eigenvalue weighted by atomic mass is 9.97. The predicted molar refractivity (Wildman–Crippen MR) is 130 cm³/mol. The molecule has 0 atom stereocenters. The first-order valence-electron chi connectivity index (χ1n) is 10.2. The van der Waals surface area contributed by atoms with Gasteiger partial charge in [-0.3, -0.25) is 0 Å². The van der Waals surface area contributed by atoms with Gasteiger partial charge in [-0.05, 0) is 94.3 Å². The lowest BCUT2D eigenvalue weighted by Crippen LogP contribution is -1.85. The quantitative estimate of drug-likeness (QED) is 0.236. The van der Waals surface area contributed by atoms with Gasteiger partial charge >= 0.3 is 0 Å². The van der Waals surface area contributed by atoms with E-state index in [0.29, 0.717) is 0 Å². The number of hydrogen-bond donors (Lipinski definition) is 2. The topological polar surface area (TPSA) is 40.5 Å². The van der Waals surface area contributed by atoms with Crippen LogP contribution in [0.3, 0.4) is 0 Å². The third-order valence-electron chi connectivity index (χ3n) is 5.30. The number of phenols is 2. The van der Waals surface area contributed by atoms with Gasteiger partial charge in [0.25, 0.3) is 0 Å². The van der Waals surface area contributed by atoms with Gasteiger partial charge in [0.15, 0.2) is 0 Å². The van der Waals surface area contributed by atoms with Crippen LogP contribution in [0.15, 0.2) is 97.1 Å². The second-order valence-electron chi connectivity index (χ2n) is 7.50. The summed E-state index contributed by atoms with van der Waals surface area (Å²) >= 11 is 0. The number of fused-ring (bicyclic) bond motifs is 2. The van der Waals surface area contributed by atoms with E-state index in [0.717, 1.165) is 43.8 Å². The van der Waals surface area contributed by atoms with Crippen LogP contribution in [0.25, 0.3) is 21.5 Å². The van der Waals surface area contributed by atoms with E-state index in [-0.39, 0.29) is 11.5 Å². The molecule has 5 rings (SSSR count). The average Bonchev–Trinajstić information content (AvgIpc) is 2.82. The fourth-order valence-corrected chi connectivity index (χ4v) is 3.64. The van der Waals surface area contributed by atoms with E-state index in [1.807, 2.05) is 24.3 Å². The zero-order valence-electron chi connectivity index (χ0n) is 17.1. The molecule has 0 aliphatic carbocycles. The second kappa shape index (κ2) is 8.23. The molecule has 0 radical (unpaired) electrons. The lowest BCUT2D eigenvalue weighted by Gasteiger charge is -2.06. The van der Waals surface area contributed by atoms with E-state index < -0.39 is 0 Å². The van der Waals surface area contributed by atoms with Crippen LogP contribution in [0.2, 0.25) is 0 Å². The Morgan fingerprint density at radius 1 is 0.438 bits per heavy atom. The minimum absolute atomic E-state index is 0.230. The van der Waals surface area contributed by atoms with Crippen LogP contribution in [-0.2, 0) is 0 Å². The minimum atomic E-state index is 0.230. The van der Waals surface area contributed by atoms with Gasteiger partial charge in [-0.1, -0.05) is 47.9 Å². The predicted octanol–water partition coefficient (Wildman–Crippen LogP) is 6.20. The van der Waals surface area contributed by atoms with Crippen molar-refractivity contribution in [3.8, 4) is 35.2 Å². The second-order valence-corrected chi connectivity index (χ2v) is 7.50. The third-order valence-corrected chi connectivity index (χ3v) is 5.30. The van der Waals surface area contributed by atoms with Gasteiger partial charge < -0.3 is 10.2 Å². The molecule has 150 valence electrons. The highest BCUT2D eigenvalue weighted by Gasteiger charge is 2.05. The summed E-state index contributed by atoms with van der Waals surface area (Å²) in [4.78, 5) is 0. The summed E-state index contributed by atoms with van der Waals surface area (Å²) in [6.45, 7) is 0. The minimum Gasteiger partial charge on any atom is -0.508 e. The molecule has 0 saturated carbocycles. The van der Waals surface area contributed by atoms with Crippen molar-refractivity contribution in [2.75, 3.05) is 0 Å². The first kappa shape index (κ1) is 19.3. The van der Waals surface area contributed by atoms with Crippen LogP contribution in [-0.4, -0.2) is 10.2 Å². The molecule has 0 aliphatic rings. The average molecular weight is 410 g/mol. The fraction of sp³-hybridized carbons (Fsp3) is 0. The van der Waals surface area contributed by atoms with E-state index in [9.17, 15) is 10.2 Å². The number of benzene rings is 5. The normalized spacial score (nSPS) is 10.2. The Morgan fingerprint density at radius 3 is 1.31 bits per heavy atom. The summed E-state index contributed by atoms with van der Waals surface area (Å²) < 4.78 is 0. The van der Waals surface area contributed by atoms with Crippen LogP contribution >= 0.6 is 0 Å². The van der Waals surface area contributed by atoms with Crippen LogP contribution in [0.4, 0.5) is 0 Å². The van der Waals surface area contributed by atoms with Crippen molar-refractivity contribution < 1.29 is 10.2 Å². The van der Waals surface area contributed by atoms with Crippen molar-refractivity contribution in [1.29, 1.82) is 0 Å². The fourth-order valence-electron chi connectivity index (χ4n) is 3.64. The summed E-state index contributed by atoms with van der Waals surface area (Å²) in [6, 6.07) is 30.4. The molecule has 5 aromatic carbocycles. The van der Waals surface area contributed by atoms with Crippen molar-refractivity contribution in [2.24, 2.45) is 0 Å². The van der Waals surface area contributed by atoms with Gasteiger partial charge in [-0.2, -0.15) is 0 Å². The Labute approximate surface area is 186 Å². The van der Waals surface area contributed by atoms with Crippen molar-refractivity contribution in [3.05, 3.63) is 119 Å². The van der Waals surface area contributed by atoms with Crippen LogP contribution in [0.5, 0.6) is 11.5 Å². The van der Waals surface area contributed by atoms with E-state index >= 15 is 0 Å². The SMILES string of the molecule is Oc1ccc(C#Cc2cccc3cc4cccc(C#Cc5ccc(O)cc5)c4cc23)cc1. The summed E-state index contributed by atoms with van der Waals surface area (Å²) in [7, 11) is 0. The Balaban J connectivity index is 1.62. The smallest absolute Gasteiger partial charge is 0.115 e. The standard InChI is InChI=1S/C30H18O2/c31-27-15-9-21(10-16-27)7-13-23-3-1-5-25-19-26-6-2-4-24(30(26)20-29(23)25)14-8-22-11-17-28(32)18-12-22/h1-6,9-12,15-20,31-32H. The molecule has 0 heterocycles. The highest BCUT2D eigenvalue weighted by molar-refractivity contribution is 6.02. The molecule has 0 fully saturated rings. The van der Waals surface area contributed by atoms with Gasteiger partial charge in [0.2, 0.25) is 0 Å². The Morgan fingerprint density at radius 2 is 0.875 bits per heavy atom. The molecule has 5 aromatic rings. The molecular formula is C30H18O2. The number of hydrogen-bond acceptors (Lipinski definition) is 2. The Bertz CT molecular complexity index is 1450. The Hall–Kier alpha value is -4.66. The zero-order chi connectivity index (χ0) is 21.9. The maximum absolute atomic E-state index is 9.47. The van der Waals surface area contributed by atoms with Crippen LogP contribution in [0, 0.1) is 23.7 Å². The van der Waals surface area contributed by atoms with E-state index in [1.165, 1.54) is 0 Å². The summed E-state index contributed by atoms with van der Waals surface area (Å²) in [6.07, 6.45) is 0. The molecular weight excluding hydrogens is 392 g/mol. The number of aromatic hydroxyl groups is 2. The highest BCUT2D eigenvalue weighted by atomic mass is 16.3. The largest absolute Gasteiger partial charge is 0.508 e. The van der Waals surface area contributed by atoms with Crippen molar-refractivity contribution in [3.63, 3.8) is 0 Å². The number of rotatable bonds is 0. The molecule has 0 aliphatic heterocycles. The molecule has 0 unspecified atom stereocenters. The molecule has 0 bridgehead atoms. The maximum Gasteiger partial charge on any atom is 0.115 e. The van der Waals surface area contributed by atoms with Crippen LogP contribution < -0.4 is 0 Å². The summed E-state index contributed by atoms with van der Waals surface area (Å²) in [5.41, 5.74) is 3.58. The van der Waals surface area contributed by atoms with Gasteiger partial charge in [0.1, 0.15) is 11.5 Å². The van der Waals surface area contributed by atoms with Crippen molar-refractivity contribution >= 4 is 21.5 Å². The first-order valence-corrected chi connectivity index (χ1v) is 10.2. The van der Waals surface area contributed by atoms with E-state index in [4.69, 9.17) is 0 Å². The van der Waals surface area contributed by atoms with E-state index in [1.54, 1.807) is 48.5 Å². The zero-order valence-corrected chi connectivity index (χ0v) is 17.1. The van der Waals surface area contributed by atoms with Gasteiger partial charge in [-0.25, -0.2) is 0 Å². The molecule has 0 spiro atoms. The maximum atomic E-state index is 9.47. The molecule has 0 amide bonds. The van der Waals surface area contributed by atoms with Crippen molar-refractivity contribution in [1.82, 2.24) is 0 Å². The lowest BCUT2D eigenvalue weighted by molar-refractivity contribution is 0.474. The first-order chi connectivity index (χ1) is 15.7. The molecule has 0 saturated heterocycles. The highest BCUT2D eigenvalue weighted by Crippen LogP contribution is 2.27. The molecule has 32 heavy (non-hydrogen) atoms. The van der Waals surface area contributed by atoms with Crippen LogP contribution in [0.1, 0.15) is 22.3 Å². The summed E-state index contributed by atoms with van der Waals surface area (Å²) in [5, 5.41) is 23.3. The van der Waals surface area contributed by atoms with Gasteiger partial charge in [0, 0.05) is 22.3 Å². The monoisotopic (exact) mass is 410 g/mol. The third kappa shape index (κ3) is 3.99.